The standard InChI is InChI=1S/2C10H8S/c1-2-5-9(6-3-1)10-7-4-8-11-10;1-2-4-9(5-3-1)10-6-7-11-8-10/h2*1-8H. The van der Waals surface area contributed by atoms with Gasteiger partial charge in [-0.05, 0) is 45.0 Å². The number of hydrogen-bond acceptors (Lipinski definition) is 2. The van der Waals surface area contributed by atoms with Crippen molar-refractivity contribution in [1.82, 2.24) is 0 Å². The SMILES string of the molecule is c1ccc(-c2cccs2)cc1.c1ccc(-c2ccsc2)cc1. The Bertz CT molecular complexity index is 685. The molecule has 0 fully saturated rings. The fraction of sp³-hybridized carbons (Fsp3) is 0. The highest BCUT2D eigenvalue weighted by Crippen LogP contribution is 2.23. The van der Waals surface area contributed by atoms with E-state index in [1.807, 2.05) is 12.1 Å². The minimum absolute atomic E-state index is 1.30. The Hall–Kier alpha value is -2.16. The topological polar surface area (TPSA) is 0 Å². The molecule has 4 rings (SSSR count). The van der Waals surface area contributed by atoms with Crippen LogP contribution < -0.4 is 0 Å². The first-order valence-electron chi connectivity index (χ1n) is 7.10. The molecule has 0 spiro atoms. The van der Waals surface area contributed by atoms with Gasteiger partial charge in [0.1, 0.15) is 0 Å². The smallest absolute Gasteiger partial charge is 0.0342 e. The molecule has 0 unspecified atom stereocenters. The van der Waals surface area contributed by atoms with Crippen LogP contribution in [0.4, 0.5) is 0 Å². The Kier molecular flexibility index (Phi) is 5.19. The van der Waals surface area contributed by atoms with Gasteiger partial charge in [0.15, 0.2) is 0 Å². The van der Waals surface area contributed by atoms with Gasteiger partial charge in [-0.15, -0.1) is 11.3 Å². The minimum atomic E-state index is 1.30. The number of thiophene rings is 2. The Labute approximate surface area is 139 Å². The van der Waals surface area contributed by atoms with Crippen LogP contribution in [0, 0.1) is 0 Å². The van der Waals surface area contributed by atoms with Crippen LogP contribution in [0.25, 0.3) is 21.6 Å². The van der Waals surface area contributed by atoms with Crippen molar-refractivity contribution in [3.63, 3.8) is 0 Å². The zero-order valence-corrected chi connectivity index (χ0v) is 13.7. The predicted octanol–water partition coefficient (Wildman–Crippen LogP) is 6.83. The van der Waals surface area contributed by atoms with Gasteiger partial charge in [0.25, 0.3) is 0 Å². The zero-order chi connectivity index (χ0) is 15.0. The molecule has 0 bridgehead atoms. The highest BCUT2D eigenvalue weighted by molar-refractivity contribution is 7.13. The molecule has 0 aliphatic heterocycles. The van der Waals surface area contributed by atoms with E-state index in [0.717, 1.165) is 0 Å². The summed E-state index contributed by atoms with van der Waals surface area (Å²) in [5.41, 5.74) is 3.92. The lowest BCUT2D eigenvalue weighted by molar-refractivity contribution is 1.68. The molecule has 108 valence electrons. The quantitative estimate of drug-likeness (QED) is 0.380. The maximum Gasteiger partial charge on any atom is 0.0342 e. The van der Waals surface area contributed by atoms with Gasteiger partial charge in [-0.3, -0.25) is 0 Å². The van der Waals surface area contributed by atoms with Gasteiger partial charge in [-0.1, -0.05) is 66.7 Å². The van der Waals surface area contributed by atoms with Crippen molar-refractivity contribution in [2.75, 3.05) is 0 Å². The summed E-state index contributed by atoms with van der Waals surface area (Å²) >= 11 is 3.51. The molecule has 2 heteroatoms. The fourth-order valence-electron chi connectivity index (χ4n) is 2.10. The van der Waals surface area contributed by atoms with E-state index in [2.05, 4.69) is 82.9 Å². The summed E-state index contributed by atoms with van der Waals surface area (Å²) in [4.78, 5) is 1.34. The normalized spacial score (nSPS) is 9.82. The van der Waals surface area contributed by atoms with Crippen molar-refractivity contribution in [2.45, 2.75) is 0 Å². The molecule has 0 aliphatic carbocycles. The highest BCUT2D eigenvalue weighted by Gasteiger charge is 1.94. The lowest BCUT2D eigenvalue weighted by Crippen LogP contribution is -1.68. The second-order valence-corrected chi connectivity index (χ2v) is 6.45. The average Bonchev–Trinajstić information content (AvgIpc) is 3.31. The summed E-state index contributed by atoms with van der Waals surface area (Å²) in [5, 5.41) is 6.36. The summed E-state index contributed by atoms with van der Waals surface area (Å²) in [6.45, 7) is 0. The van der Waals surface area contributed by atoms with E-state index in [-0.39, 0.29) is 0 Å². The van der Waals surface area contributed by atoms with Crippen LogP contribution in [0.1, 0.15) is 0 Å². The third-order valence-electron chi connectivity index (χ3n) is 3.21. The molecular formula is C20H16S2. The van der Waals surface area contributed by atoms with Crippen LogP contribution >= 0.6 is 22.7 Å². The molecule has 0 radical (unpaired) electrons. The fourth-order valence-corrected chi connectivity index (χ4v) is 3.50. The van der Waals surface area contributed by atoms with Crippen LogP contribution in [0.15, 0.2) is 95.0 Å². The third kappa shape index (κ3) is 3.94. The molecule has 2 heterocycles. The number of rotatable bonds is 2. The van der Waals surface area contributed by atoms with Crippen molar-refractivity contribution >= 4 is 22.7 Å². The van der Waals surface area contributed by atoms with Gasteiger partial charge < -0.3 is 0 Å². The summed E-state index contributed by atoms with van der Waals surface area (Å²) < 4.78 is 0. The largest absolute Gasteiger partial charge is 0.152 e. The Morgan fingerprint density at radius 3 is 1.73 bits per heavy atom. The lowest BCUT2D eigenvalue weighted by atomic mass is 10.1. The third-order valence-corrected chi connectivity index (χ3v) is 4.81. The monoisotopic (exact) mass is 320 g/mol. The van der Waals surface area contributed by atoms with E-state index >= 15 is 0 Å². The maximum absolute atomic E-state index is 2.16. The molecule has 0 saturated heterocycles. The molecule has 0 atom stereocenters. The molecule has 0 saturated carbocycles. The van der Waals surface area contributed by atoms with Crippen LogP contribution in [0.5, 0.6) is 0 Å². The first kappa shape index (κ1) is 14.8. The second-order valence-electron chi connectivity index (χ2n) is 4.72. The van der Waals surface area contributed by atoms with Gasteiger partial charge in [0.05, 0.1) is 0 Å². The lowest BCUT2D eigenvalue weighted by Gasteiger charge is -1.93. The van der Waals surface area contributed by atoms with Crippen LogP contribution in [-0.4, -0.2) is 0 Å². The van der Waals surface area contributed by atoms with E-state index in [4.69, 9.17) is 0 Å². The van der Waals surface area contributed by atoms with Crippen molar-refractivity contribution in [2.24, 2.45) is 0 Å². The number of benzene rings is 2. The van der Waals surface area contributed by atoms with Crippen LogP contribution in [-0.2, 0) is 0 Å². The van der Waals surface area contributed by atoms with Gasteiger partial charge in [-0.25, -0.2) is 0 Å². The second kappa shape index (κ2) is 7.74. The summed E-state index contributed by atoms with van der Waals surface area (Å²) in [5.74, 6) is 0. The van der Waals surface area contributed by atoms with E-state index in [0.29, 0.717) is 0 Å². The molecule has 2 aromatic heterocycles. The van der Waals surface area contributed by atoms with Crippen molar-refractivity contribution < 1.29 is 0 Å². The molecule has 0 N–H and O–H groups in total. The Balaban J connectivity index is 0.000000131. The van der Waals surface area contributed by atoms with Gasteiger partial charge in [0.2, 0.25) is 0 Å². The molecule has 2 aromatic carbocycles. The summed E-state index contributed by atoms with van der Waals surface area (Å²) in [6.07, 6.45) is 0. The zero-order valence-electron chi connectivity index (χ0n) is 12.1. The van der Waals surface area contributed by atoms with Gasteiger partial charge in [-0.2, -0.15) is 11.3 Å². The van der Waals surface area contributed by atoms with E-state index in [9.17, 15) is 0 Å². The van der Waals surface area contributed by atoms with E-state index < -0.39 is 0 Å². The van der Waals surface area contributed by atoms with E-state index in [1.165, 1.54) is 21.6 Å². The molecule has 0 amide bonds. The molecule has 4 aromatic rings. The van der Waals surface area contributed by atoms with Crippen molar-refractivity contribution in [1.29, 1.82) is 0 Å². The predicted molar refractivity (Wildman–Crippen MR) is 99.5 cm³/mol. The van der Waals surface area contributed by atoms with Crippen LogP contribution in [0.3, 0.4) is 0 Å². The van der Waals surface area contributed by atoms with Gasteiger partial charge >= 0.3 is 0 Å². The van der Waals surface area contributed by atoms with Crippen LogP contribution in [0.2, 0.25) is 0 Å². The molecule has 0 aliphatic rings. The average molecular weight is 320 g/mol. The van der Waals surface area contributed by atoms with Crippen molar-refractivity contribution in [3.05, 3.63) is 95.0 Å². The Morgan fingerprint density at radius 2 is 1.18 bits per heavy atom. The highest BCUT2D eigenvalue weighted by atomic mass is 32.1. The van der Waals surface area contributed by atoms with Gasteiger partial charge in [0, 0.05) is 4.88 Å². The molecule has 22 heavy (non-hydrogen) atoms. The molecule has 0 nitrogen and oxygen atoms in total. The first-order chi connectivity index (χ1) is 10.9. The molecular weight excluding hydrogens is 304 g/mol. The summed E-state index contributed by atoms with van der Waals surface area (Å²) in [7, 11) is 0. The minimum Gasteiger partial charge on any atom is -0.152 e. The van der Waals surface area contributed by atoms with E-state index in [1.54, 1.807) is 22.7 Å². The number of hydrogen-bond donors (Lipinski definition) is 0. The first-order valence-corrected chi connectivity index (χ1v) is 8.92. The maximum atomic E-state index is 2.16. The Morgan fingerprint density at radius 1 is 0.500 bits per heavy atom. The summed E-state index contributed by atoms with van der Waals surface area (Å²) in [6, 6.07) is 27.2. The van der Waals surface area contributed by atoms with Crippen molar-refractivity contribution in [3.8, 4) is 21.6 Å².